The predicted molar refractivity (Wildman–Crippen MR) is 36.7 cm³/mol. The van der Waals surface area contributed by atoms with Gasteiger partial charge in [-0.05, 0) is 12.8 Å². The number of carbonyl (C=O) groups excluding carboxylic acids is 1. The second-order valence-corrected chi connectivity index (χ2v) is 3.18. The monoisotopic (exact) mass is 157 g/mol. The minimum absolute atomic E-state index is 0.113. The molecular formula is C7H11NO3. The summed E-state index contributed by atoms with van der Waals surface area (Å²) in [6, 6.07) is -0.113. The minimum Gasteiger partial charge on any atom is -0.388 e. The van der Waals surface area contributed by atoms with Gasteiger partial charge in [0.2, 0.25) is 0 Å². The number of fused-ring (bicyclic) bond motifs is 1. The van der Waals surface area contributed by atoms with E-state index in [0.717, 1.165) is 12.8 Å². The van der Waals surface area contributed by atoms with E-state index in [1.807, 2.05) is 0 Å². The lowest BCUT2D eigenvalue weighted by Gasteiger charge is -2.15. The maximum Gasteiger partial charge on any atom is 0.254 e. The topological polar surface area (TPSA) is 60.8 Å². The third kappa shape index (κ3) is 0.795. The standard InChI is InChI=1S/C7H11NO3/c9-5-4-2-1-3-8(4)7(11)6(5)10/h4-6,9-10H,1-3H2/t4-,5+,6-/m0/s1. The van der Waals surface area contributed by atoms with Crippen LogP contribution in [0.1, 0.15) is 12.8 Å². The number of carbonyl (C=O) groups is 1. The number of hydrogen-bond acceptors (Lipinski definition) is 3. The van der Waals surface area contributed by atoms with Gasteiger partial charge in [0.05, 0.1) is 6.04 Å². The fraction of sp³-hybridized carbons (Fsp3) is 0.857. The van der Waals surface area contributed by atoms with E-state index in [1.54, 1.807) is 4.90 Å². The second kappa shape index (κ2) is 2.19. The van der Waals surface area contributed by atoms with Crippen LogP contribution in [0.15, 0.2) is 0 Å². The first-order valence-corrected chi connectivity index (χ1v) is 3.88. The van der Waals surface area contributed by atoms with Crippen molar-refractivity contribution >= 4 is 5.91 Å². The van der Waals surface area contributed by atoms with Crippen molar-refractivity contribution in [2.24, 2.45) is 0 Å². The van der Waals surface area contributed by atoms with Crippen molar-refractivity contribution in [3.8, 4) is 0 Å². The molecule has 2 heterocycles. The van der Waals surface area contributed by atoms with Gasteiger partial charge in [0, 0.05) is 6.54 Å². The van der Waals surface area contributed by atoms with Crippen molar-refractivity contribution in [1.82, 2.24) is 4.90 Å². The number of rotatable bonds is 0. The second-order valence-electron chi connectivity index (χ2n) is 3.18. The van der Waals surface area contributed by atoms with E-state index in [1.165, 1.54) is 0 Å². The molecule has 0 aromatic rings. The Balaban J connectivity index is 2.23. The van der Waals surface area contributed by atoms with Crippen LogP contribution in [0.5, 0.6) is 0 Å². The van der Waals surface area contributed by atoms with E-state index in [0.29, 0.717) is 6.54 Å². The van der Waals surface area contributed by atoms with Gasteiger partial charge in [-0.2, -0.15) is 0 Å². The lowest BCUT2D eigenvalue weighted by Crippen LogP contribution is -2.30. The van der Waals surface area contributed by atoms with Crippen LogP contribution in [0.3, 0.4) is 0 Å². The van der Waals surface area contributed by atoms with Gasteiger partial charge in [-0.15, -0.1) is 0 Å². The highest BCUT2D eigenvalue weighted by Crippen LogP contribution is 2.28. The summed E-state index contributed by atoms with van der Waals surface area (Å²) >= 11 is 0. The molecular weight excluding hydrogens is 146 g/mol. The van der Waals surface area contributed by atoms with Crippen LogP contribution in [-0.4, -0.2) is 45.8 Å². The number of nitrogens with zero attached hydrogens (tertiary/aromatic N) is 1. The summed E-state index contributed by atoms with van der Waals surface area (Å²) in [5, 5.41) is 18.5. The van der Waals surface area contributed by atoms with Gasteiger partial charge in [-0.25, -0.2) is 0 Å². The molecule has 2 aliphatic heterocycles. The summed E-state index contributed by atoms with van der Waals surface area (Å²) in [7, 11) is 0. The summed E-state index contributed by atoms with van der Waals surface area (Å²) in [4.78, 5) is 12.7. The molecule has 0 bridgehead atoms. The Hall–Kier alpha value is -0.610. The first kappa shape index (κ1) is 7.06. The molecule has 0 spiro atoms. The number of aliphatic hydroxyl groups excluding tert-OH is 2. The highest BCUT2D eigenvalue weighted by Gasteiger charge is 2.48. The molecule has 62 valence electrons. The largest absolute Gasteiger partial charge is 0.388 e. The van der Waals surface area contributed by atoms with Crippen LogP contribution >= 0.6 is 0 Å². The molecule has 11 heavy (non-hydrogen) atoms. The van der Waals surface area contributed by atoms with E-state index in [4.69, 9.17) is 5.11 Å². The molecule has 0 aromatic heterocycles. The van der Waals surface area contributed by atoms with E-state index >= 15 is 0 Å². The maximum absolute atomic E-state index is 11.1. The zero-order chi connectivity index (χ0) is 8.01. The quantitative estimate of drug-likeness (QED) is 0.460. The molecule has 2 N–H and O–H groups in total. The Kier molecular flexibility index (Phi) is 1.40. The first-order valence-electron chi connectivity index (χ1n) is 3.88. The van der Waals surface area contributed by atoms with Gasteiger partial charge in [0.15, 0.2) is 6.10 Å². The Morgan fingerprint density at radius 1 is 1.45 bits per heavy atom. The van der Waals surface area contributed by atoms with Crippen molar-refractivity contribution in [3.05, 3.63) is 0 Å². The summed E-state index contributed by atoms with van der Waals surface area (Å²) in [6.07, 6.45) is -0.255. The molecule has 3 atom stereocenters. The summed E-state index contributed by atoms with van der Waals surface area (Å²) in [5.74, 6) is -0.306. The molecule has 0 aliphatic carbocycles. The van der Waals surface area contributed by atoms with Crippen molar-refractivity contribution in [1.29, 1.82) is 0 Å². The van der Waals surface area contributed by atoms with E-state index in [-0.39, 0.29) is 11.9 Å². The number of aliphatic hydroxyl groups is 2. The molecule has 0 radical (unpaired) electrons. The van der Waals surface area contributed by atoms with Crippen LogP contribution in [-0.2, 0) is 4.79 Å². The molecule has 2 aliphatic rings. The predicted octanol–water partition coefficient (Wildman–Crippen LogP) is -1.29. The molecule has 2 rings (SSSR count). The van der Waals surface area contributed by atoms with Crippen molar-refractivity contribution in [3.63, 3.8) is 0 Å². The maximum atomic E-state index is 11.1. The van der Waals surface area contributed by atoms with Crippen LogP contribution in [0.4, 0.5) is 0 Å². The van der Waals surface area contributed by atoms with Crippen molar-refractivity contribution in [2.45, 2.75) is 31.1 Å². The minimum atomic E-state index is -1.17. The fourth-order valence-electron chi connectivity index (χ4n) is 1.95. The highest BCUT2D eigenvalue weighted by atomic mass is 16.3. The number of hydrogen-bond donors (Lipinski definition) is 2. The van der Waals surface area contributed by atoms with Gasteiger partial charge in [-0.3, -0.25) is 4.79 Å². The van der Waals surface area contributed by atoms with Gasteiger partial charge in [0.25, 0.3) is 5.91 Å². The van der Waals surface area contributed by atoms with Crippen LogP contribution in [0.2, 0.25) is 0 Å². The third-order valence-electron chi connectivity index (χ3n) is 2.55. The fourth-order valence-corrected chi connectivity index (χ4v) is 1.95. The average Bonchev–Trinajstić information content (AvgIpc) is 2.53. The molecule has 4 heteroatoms. The SMILES string of the molecule is O=C1[C@@H](O)[C@H](O)[C@@H]2CCCN12. The van der Waals surface area contributed by atoms with Crippen LogP contribution in [0, 0.1) is 0 Å². The van der Waals surface area contributed by atoms with E-state index < -0.39 is 12.2 Å². The zero-order valence-corrected chi connectivity index (χ0v) is 6.10. The molecule has 0 unspecified atom stereocenters. The Morgan fingerprint density at radius 3 is 2.82 bits per heavy atom. The molecule has 0 saturated carbocycles. The summed E-state index contributed by atoms with van der Waals surface area (Å²) in [5.41, 5.74) is 0. The smallest absolute Gasteiger partial charge is 0.254 e. The zero-order valence-electron chi connectivity index (χ0n) is 6.10. The molecule has 2 saturated heterocycles. The Bertz CT molecular complexity index is 194. The summed E-state index contributed by atoms with van der Waals surface area (Å²) in [6.45, 7) is 0.692. The average molecular weight is 157 g/mol. The Morgan fingerprint density at radius 2 is 2.18 bits per heavy atom. The molecule has 4 nitrogen and oxygen atoms in total. The van der Waals surface area contributed by atoms with Gasteiger partial charge < -0.3 is 15.1 Å². The van der Waals surface area contributed by atoms with Gasteiger partial charge >= 0.3 is 0 Å². The first-order chi connectivity index (χ1) is 5.22. The van der Waals surface area contributed by atoms with Crippen LogP contribution in [0.25, 0.3) is 0 Å². The number of amides is 1. The molecule has 0 aromatic carbocycles. The van der Waals surface area contributed by atoms with Gasteiger partial charge in [0.1, 0.15) is 6.10 Å². The lowest BCUT2D eigenvalue weighted by molar-refractivity contribution is -0.135. The normalized spacial score (nSPS) is 43.3. The molecule has 1 amide bonds. The lowest BCUT2D eigenvalue weighted by atomic mass is 10.1. The van der Waals surface area contributed by atoms with E-state index in [9.17, 15) is 9.90 Å². The molecule has 2 fully saturated rings. The highest BCUT2D eigenvalue weighted by molar-refractivity contribution is 5.84. The van der Waals surface area contributed by atoms with Crippen molar-refractivity contribution in [2.75, 3.05) is 6.54 Å². The van der Waals surface area contributed by atoms with Crippen molar-refractivity contribution < 1.29 is 15.0 Å². The van der Waals surface area contributed by atoms with Gasteiger partial charge in [-0.1, -0.05) is 0 Å². The summed E-state index contributed by atoms with van der Waals surface area (Å²) < 4.78 is 0. The third-order valence-corrected chi connectivity index (χ3v) is 2.55. The Labute approximate surface area is 64.4 Å². The van der Waals surface area contributed by atoms with Crippen LogP contribution < -0.4 is 0 Å². The van der Waals surface area contributed by atoms with E-state index in [2.05, 4.69) is 0 Å².